The minimum Gasteiger partial charge on any atom is -0.334 e. The molecule has 0 N–H and O–H groups in total. The summed E-state index contributed by atoms with van der Waals surface area (Å²) in [5, 5.41) is 8.96. The van der Waals surface area contributed by atoms with Gasteiger partial charge in [0, 0.05) is 18.0 Å². The van der Waals surface area contributed by atoms with E-state index in [-0.39, 0.29) is 0 Å². The summed E-state index contributed by atoms with van der Waals surface area (Å²) >= 11 is 1.44. The molecule has 0 aliphatic heterocycles. The molecule has 23 heavy (non-hydrogen) atoms. The Bertz CT molecular complexity index is 930. The molecular weight excluding hydrogens is 312 g/mol. The molecule has 8 heteroatoms. The second-order valence-electron chi connectivity index (χ2n) is 4.93. The first-order valence-corrected chi connectivity index (χ1v) is 7.96. The molecule has 0 amide bonds. The molecule has 1 aromatic carbocycles. The van der Waals surface area contributed by atoms with Crippen molar-refractivity contribution in [3.63, 3.8) is 0 Å². The summed E-state index contributed by atoms with van der Waals surface area (Å²) in [4.78, 5) is 12.9. The van der Waals surface area contributed by atoms with Gasteiger partial charge in [0.2, 0.25) is 5.16 Å². The average Bonchev–Trinajstić information content (AvgIpc) is 3.19. The van der Waals surface area contributed by atoms with Crippen LogP contribution in [0.5, 0.6) is 0 Å². The van der Waals surface area contributed by atoms with Gasteiger partial charge in [-0.3, -0.25) is 0 Å². The number of nitrogens with zero attached hydrogens (tertiary/aromatic N) is 6. The predicted molar refractivity (Wildman–Crippen MR) is 84.8 cm³/mol. The van der Waals surface area contributed by atoms with Crippen molar-refractivity contribution >= 4 is 17.5 Å². The summed E-state index contributed by atoms with van der Waals surface area (Å²) in [6, 6.07) is 9.77. The molecule has 0 radical (unpaired) electrons. The lowest BCUT2D eigenvalue weighted by Gasteiger charge is -1.95. The van der Waals surface area contributed by atoms with Crippen molar-refractivity contribution in [2.24, 2.45) is 0 Å². The quantitative estimate of drug-likeness (QED) is 0.534. The molecule has 0 saturated heterocycles. The zero-order chi connectivity index (χ0) is 15.6. The number of aryl methyl sites for hydroxylation is 1. The van der Waals surface area contributed by atoms with E-state index >= 15 is 0 Å². The monoisotopic (exact) mass is 324 g/mol. The van der Waals surface area contributed by atoms with Crippen LogP contribution in [0.4, 0.5) is 0 Å². The molecular formula is C15H12N6OS. The van der Waals surface area contributed by atoms with Crippen LogP contribution in [-0.4, -0.2) is 29.7 Å². The molecule has 4 rings (SSSR count). The second-order valence-corrected chi connectivity index (χ2v) is 5.88. The Kier molecular flexibility index (Phi) is 3.51. The molecule has 0 aliphatic carbocycles. The molecule has 0 unspecified atom stereocenters. The summed E-state index contributed by atoms with van der Waals surface area (Å²) in [5.41, 5.74) is 2.07. The van der Waals surface area contributed by atoms with Gasteiger partial charge in [0.05, 0.1) is 5.75 Å². The van der Waals surface area contributed by atoms with Crippen molar-refractivity contribution < 1.29 is 4.52 Å². The van der Waals surface area contributed by atoms with Crippen LogP contribution in [0.3, 0.4) is 0 Å². The van der Waals surface area contributed by atoms with Crippen LogP contribution in [0.1, 0.15) is 11.4 Å². The van der Waals surface area contributed by atoms with Crippen molar-refractivity contribution in [1.82, 2.24) is 29.7 Å². The smallest absolute Gasteiger partial charge is 0.257 e. The normalized spacial score (nSPS) is 11.2. The second kappa shape index (κ2) is 5.81. The fraction of sp³-hybridized carbons (Fsp3) is 0.133. The highest BCUT2D eigenvalue weighted by molar-refractivity contribution is 7.98. The van der Waals surface area contributed by atoms with Gasteiger partial charge in [-0.15, -0.1) is 5.10 Å². The van der Waals surface area contributed by atoms with Crippen LogP contribution in [0.2, 0.25) is 0 Å². The molecule has 7 nitrogen and oxygen atoms in total. The fourth-order valence-corrected chi connectivity index (χ4v) is 2.78. The zero-order valence-corrected chi connectivity index (χ0v) is 13.1. The SMILES string of the molecule is Cc1cccc(-c2nc(CSc3nc4ncccn4n3)no2)c1. The predicted octanol–water partition coefficient (Wildman–Crippen LogP) is 2.78. The molecule has 0 saturated carbocycles. The van der Waals surface area contributed by atoms with Gasteiger partial charge in [0.1, 0.15) is 0 Å². The lowest BCUT2D eigenvalue weighted by molar-refractivity contribution is 0.425. The molecule has 0 atom stereocenters. The van der Waals surface area contributed by atoms with Gasteiger partial charge < -0.3 is 4.52 Å². The first kappa shape index (κ1) is 13.9. The van der Waals surface area contributed by atoms with E-state index in [0.717, 1.165) is 11.1 Å². The third-order valence-corrected chi connectivity index (χ3v) is 3.99. The highest BCUT2D eigenvalue weighted by atomic mass is 32.2. The Balaban J connectivity index is 1.49. The van der Waals surface area contributed by atoms with E-state index < -0.39 is 0 Å². The van der Waals surface area contributed by atoms with Crippen molar-refractivity contribution in [3.8, 4) is 11.5 Å². The van der Waals surface area contributed by atoms with Crippen molar-refractivity contribution in [3.05, 3.63) is 54.1 Å². The summed E-state index contributed by atoms with van der Waals surface area (Å²) < 4.78 is 6.96. The van der Waals surface area contributed by atoms with Crippen LogP contribution in [0, 0.1) is 6.92 Å². The Morgan fingerprint density at radius 3 is 3.04 bits per heavy atom. The topological polar surface area (TPSA) is 82.0 Å². The fourth-order valence-electron chi connectivity index (χ4n) is 2.11. The zero-order valence-electron chi connectivity index (χ0n) is 12.2. The van der Waals surface area contributed by atoms with Gasteiger partial charge in [0.15, 0.2) is 5.82 Å². The van der Waals surface area contributed by atoms with Crippen LogP contribution >= 0.6 is 11.8 Å². The molecule has 3 heterocycles. The summed E-state index contributed by atoms with van der Waals surface area (Å²) in [7, 11) is 0. The molecule has 0 aliphatic rings. The van der Waals surface area contributed by atoms with Crippen LogP contribution < -0.4 is 0 Å². The van der Waals surface area contributed by atoms with E-state index in [9.17, 15) is 0 Å². The standard InChI is InChI=1S/C15H12N6OS/c1-10-4-2-5-11(8-10)13-17-12(20-22-13)9-23-15-18-14-16-6-3-7-21(14)19-15/h2-8H,9H2,1H3. The summed E-state index contributed by atoms with van der Waals surface area (Å²) in [5.74, 6) is 2.24. The van der Waals surface area contributed by atoms with E-state index in [4.69, 9.17) is 4.52 Å². The van der Waals surface area contributed by atoms with Gasteiger partial charge in [-0.1, -0.05) is 34.6 Å². The minimum atomic E-state index is 0.522. The Morgan fingerprint density at radius 2 is 2.17 bits per heavy atom. The van der Waals surface area contributed by atoms with E-state index in [1.807, 2.05) is 43.5 Å². The molecule has 4 aromatic rings. The van der Waals surface area contributed by atoms with Gasteiger partial charge in [0.25, 0.3) is 11.7 Å². The average molecular weight is 324 g/mol. The Morgan fingerprint density at radius 1 is 1.22 bits per heavy atom. The van der Waals surface area contributed by atoms with E-state index in [0.29, 0.717) is 28.4 Å². The van der Waals surface area contributed by atoms with E-state index in [2.05, 4.69) is 25.2 Å². The molecule has 0 spiro atoms. The molecule has 0 bridgehead atoms. The van der Waals surface area contributed by atoms with E-state index in [1.165, 1.54) is 11.8 Å². The maximum absolute atomic E-state index is 5.32. The van der Waals surface area contributed by atoms with Crippen molar-refractivity contribution in [1.29, 1.82) is 0 Å². The maximum atomic E-state index is 5.32. The summed E-state index contributed by atoms with van der Waals surface area (Å²) in [6.45, 7) is 2.03. The van der Waals surface area contributed by atoms with Gasteiger partial charge >= 0.3 is 0 Å². The van der Waals surface area contributed by atoms with Gasteiger partial charge in [-0.25, -0.2) is 9.50 Å². The van der Waals surface area contributed by atoms with Crippen molar-refractivity contribution in [2.45, 2.75) is 17.8 Å². The number of rotatable bonds is 4. The maximum Gasteiger partial charge on any atom is 0.257 e. The Labute approximate surface area is 135 Å². The summed E-state index contributed by atoms with van der Waals surface area (Å²) in [6.07, 6.45) is 3.50. The lowest BCUT2D eigenvalue weighted by Crippen LogP contribution is -1.87. The van der Waals surface area contributed by atoms with Crippen LogP contribution in [0.25, 0.3) is 17.2 Å². The molecule has 114 valence electrons. The van der Waals surface area contributed by atoms with E-state index in [1.54, 1.807) is 10.7 Å². The first-order valence-electron chi connectivity index (χ1n) is 6.98. The highest BCUT2D eigenvalue weighted by Crippen LogP contribution is 2.22. The number of hydrogen-bond acceptors (Lipinski definition) is 7. The van der Waals surface area contributed by atoms with Crippen LogP contribution in [-0.2, 0) is 5.75 Å². The number of hydrogen-bond donors (Lipinski definition) is 0. The third-order valence-electron chi connectivity index (χ3n) is 3.16. The highest BCUT2D eigenvalue weighted by Gasteiger charge is 2.11. The largest absolute Gasteiger partial charge is 0.334 e. The Hall–Kier alpha value is -2.74. The third kappa shape index (κ3) is 2.93. The van der Waals surface area contributed by atoms with Crippen molar-refractivity contribution in [2.75, 3.05) is 0 Å². The number of thioether (sulfide) groups is 1. The molecule has 3 aromatic heterocycles. The number of fused-ring (bicyclic) bond motifs is 1. The molecule has 0 fully saturated rings. The van der Waals surface area contributed by atoms with Crippen LogP contribution in [0.15, 0.2) is 52.4 Å². The van der Waals surface area contributed by atoms with Gasteiger partial charge in [-0.05, 0) is 25.1 Å². The number of aromatic nitrogens is 6. The first-order chi connectivity index (χ1) is 11.3. The lowest BCUT2D eigenvalue weighted by atomic mass is 10.1. The minimum absolute atomic E-state index is 0.522. The van der Waals surface area contributed by atoms with Gasteiger partial charge in [-0.2, -0.15) is 9.97 Å². The number of benzene rings is 1.